The molecule has 4 rings (SSSR count). The molecule has 0 aliphatic rings. The molecule has 0 N–H and O–H groups in total. The maximum absolute atomic E-state index is 6.27. The van der Waals surface area contributed by atoms with Gasteiger partial charge in [0.25, 0.3) is 5.89 Å². The van der Waals surface area contributed by atoms with Crippen LogP contribution in [0, 0.1) is 6.92 Å². The third-order valence-electron chi connectivity index (χ3n) is 4.61. The Labute approximate surface area is 174 Å². The van der Waals surface area contributed by atoms with E-state index >= 15 is 0 Å². The van der Waals surface area contributed by atoms with Crippen molar-refractivity contribution < 1.29 is 13.7 Å². The quantitative estimate of drug-likeness (QED) is 0.357. The van der Waals surface area contributed by atoms with Crippen LogP contribution in [0.15, 0.2) is 63.5 Å². The highest BCUT2D eigenvalue weighted by molar-refractivity contribution is 6.31. The summed E-state index contributed by atoms with van der Waals surface area (Å²) in [5.74, 6) is 3.14. The molecule has 0 bridgehead atoms. The van der Waals surface area contributed by atoms with Crippen molar-refractivity contribution in [3.8, 4) is 28.8 Å². The first-order valence-corrected chi connectivity index (χ1v) is 9.80. The van der Waals surface area contributed by atoms with E-state index in [-0.39, 0.29) is 0 Å². The summed E-state index contributed by atoms with van der Waals surface area (Å²) in [7, 11) is 0. The number of aryl methyl sites for hydroxylation is 1. The zero-order valence-corrected chi connectivity index (χ0v) is 17.2. The third-order valence-corrected chi connectivity index (χ3v) is 5.02. The predicted octanol–water partition coefficient (Wildman–Crippen LogP) is 6.66. The Hall–Kier alpha value is -3.05. The summed E-state index contributed by atoms with van der Waals surface area (Å²) in [5.41, 5.74) is 2.93. The van der Waals surface area contributed by atoms with Gasteiger partial charge in [0, 0.05) is 10.6 Å². The van der Waals surface area contributed by atoms with Crippen molar-refractivity contribution in [3.63, 3.8) is 0 Å². The van der Waals surface area contributed by atoms with Crippen molar-refractivity contribution in [3.05, 3.63) is 76.5 Å². The number of halogens is 1. The molecular weight excluding hydrogens is 388 g/mol. The van der Waals surface area contributed by atoms with E-state index in [1.54, 1.807) is 6.07 Å². The van der Waals surface area contributed by atoms with Crippen LogP contribution in [0.5, 0.6) is 5.75 Å². The van der Waals surface area contributed by atoms with Crippen LogP contribution in [0.4, 0.5) is 0 Å². The van der Waals surface area contributed by atoms with Crippen LogP contribution in [-0.2, 0) is 6.61 Å². The molecule has 2 heterocycles. The highest BCUT2D eigenvalue weighted by Crippen LogP contribution is 2.33. The normalized spacial score (nSPS) is 11.2. The lowest BCUT2D eigenvalue weighted by atomic mass is 10.0. The van der Waals surface area contributed by atoms with Crippen molar-refractivity contribution >= 4 is 11.6 Å². The lowest BCUT2D eigenvalue weighted by molar-refractivity contribution is 0.267. The third kappa shape index (κ3) is 4.20. The van der Waals surface area contributed by atoms with E-state index in [1.165, 1.54) is 0 Å². The molecule has 148 valence electrons. The second kappa shape index (κ2) is 8.13. The number of furan rings is 1. The molecule has 0 atom stereocenters. The Balaban J connectivity index is 1.50. The SMILES string of the molecule is Cc1cc(OCc2ccc(-c3nc(-c4ccccc4)no3)o2)c(C(C)C)cc1Cl. The number of aromatic nitrogens is 2. The fourth-order valence-corrected chi connectivity index (χ4v) is 3.17. The fraction of sp³-hybridized carbons (Fsp3) is 0.217. The number of hydrogen-bond acceptors (Lipinski definition) is 5. The minimum Gasteiger partial charge on any atom is -0.485 e. The number of rotatable bonds is 6. The van der Waals surface area contributed by atoms with Crippen LogP contribution in [0.1, 0.15) is 36.7 Å². The van der Waals surface area contributed by atoms with Crippen LogP contribution in [0.25, 0.3) is 23.0 Å². The zero-order valence-electron chi connectivity index (χ0n) is 16.5. The van der Waals surface area contributed by atoms with Crippen LogP contribution < -0.4 is 4.74 Å². The summed E-state index contributed by atoms with van der Waals surface area (Å²) < 4.78 is 17.2. The molecule has 2 aromatic carbocycles. The van der Waals surface area contributed by atoms with E-state index in [0.717, 1.165) is 27.5 Å². The van der Waals surface area contributed by atoms with Gasteiger partial charge in [0.05, 0.1) is 0 Å². The Morgan fingerprint density at radius 2 is 1.86 bits per heavy atom. The van der Waals surface area contributed by atoms with Crippen LogP contribution in [0.3, 0.4) is 0 Å². The first-order chi connectivity index (χ1) is 14.0. The number of nitrogens with zero attached hydrogens (tertiary/aromatic N) is 2. The fourth-order valence-electron chi connectivity index (χ4n) is 2.99. The standard InChI is InChI=1S/C23H21ClN2O3/c1-14(2)18-12-19(24)15(3)11-21(18)27-13-17-9-10-20(28-17)23-25-22(26-29-23)16-7-5-4-6-8-16/h4-12,14H,13H2,1-3H3. The smallest absolute Gasteiger partial charge is 0.293 e. The topological polar surface area (TPSA) is 61.3 Å². The lowest BCUT2D eigenvalue weighted by Crippen LogP contribution is -2.00. The maximum atomic E-state index is 6.27. The minimum atomic E-state index is 0.292. The molecule has 5 nitrogen and oxygen atoms in total. The molecule has 0 aliphatic heterocycles. The molecular formula is C23H21ClN2O3. The number of benzene rings is 2. The summed E-state index contributed by atoms with van der Waals surface area (Å²) >= 11 is 6.27. The Morgan fingerprint density at radius 1 is 1.07 bits per heavy atom. The van der Waals surface area contributed by atoms with E-state index in [2.05, 4.69) is 24.0 Å². The van der Waals surface area contributed by atoms with Crippen LogP contribution in [0.2, 0.25) is 5.02 Å². The van der Waals surface area contributed by atoms with Crippen molar-refractivity contribution in [2.24, 2.45) is 0 Å². The van der Waals surface area contributed by atoms with Gasteiger partial charge in [-0.05, 0) is 48.2 Å². The summed E-state index contributed by atoms with van der Waals surface area (Å²) in [5, 5.41) is 4.77. The molecule has 0 spiro atoms. The van der Waals surface area contributed by atoms with Gasteiger partial charge in [0.15, 0.2) is 5.76 Å². The summed E-state index contributed by atoms with van der Waals surface area (Å²) in [6.07, 6.45) is 0. The summed E-state index contributed by atoms with van der Waals surface area (Å²) in [4.78, 5) is 4.41. The van der Waals surface area contributed by atoms with E-state index in [0.29, 0.717) is 35.8 Å². The van der Waals surface area contributed by atoms with E-state index in [9.17, 15) is 0 Å². The number of ether oxygens (including phenoxy) is 1. The molecule has 4 aromatic rings. The van der Waals surface area contributed by atoms with Gasteiger partial charge >= 0.3 is 0 Å². The number of hydrogen-bond donors (Lipinski definition) is 0. The molecule has 0 fully saturated rings. The molecule has 0 amide bonds. The zero-order chi connectivity index (χ0) is 20.4. The van der Waals surface area contributed by atoms with Gasteiger partial charge in [-0.25, -0.2) is 0 Å². The Morgan fingerprint density at radius 3 is 2.62 bits per heavy atom. The lowest BCUT2D eigenvalue weighted by Gasteiger charge is -2.15. The van der Waals surface area contributed by atoms with Gasteiger partial charge in [-0.1, -0.05) is 60.9 Å². The van der Waals surface area contributed by atoms with E-state index in [4.69, 9.17) is 25.3 Å². The molecule has 0 aliphatic carbocycles. The molecule has 6 heteroatoms. The highest BCUT2D eigenvalue weighted by Gasteiger charge is 2.16. The second-order valence-corrected chi connectivity index (χ2v) is 7.54. The summed E-state index contributed by atoms with van der Waals surface area (Å²) in [6, 6.07) is 17.2. The largest absolute Gasteiger partial charge is 0.485 e. The van der Waals surface area contributed by atoms with Gasteiger partial charge in [-0.3, -0.25) is 0 Å². The highest BCUT2D eigenvalue weighted by atomic mass is 35.5. The van der Waals surface area contributed by atoms with Gasteiger partial charge in [0.2, 0.25) is 5.82 Å². The van der Waals surface area contributed by atoms with Gasteiger partial charge in [-0.15, -0.1) is 0 Å². The molecule has 2 aromatic heterocycles. The van der Waals surface area contributed by atoms with Gasteiger partial charge in [0.1, 0.15) is 18.1 Å². The molecule has 0 unspecified atom stereocenters. The molecule has 0 radical (unpaired) electrons. The van der Waals surface area contributed by atoms with Crippen LogP contribution >= 0.6 is 11.6 Å². The first-order valence-electron chi connectivity index (χ1n) is 9.42. The van der Waals surface area contributed by atoms with Gasteiger partial charge in [-0.2, -0.15) is 4.98 Å². The molecule has 0 saturated heterocycles. The average molecular weight is 409 g/mol. The monoisotopic (exact) mass is 408 g/mol. The van der Waals surface area contributed by atoms with Crippen molar-refractivity contribution in [2.45, 2.75) is 33.3 Å². The second-order valence-electron chi connectivity index (χ2n) is 7.14. The first kappa shape index (κ1) is 19.3. The van der Waals surface area contributed by atoms with E-state index < -0.39 is 0 Å². The van der Waals surface area contributed by atoms with Gasteiger partial charge < -0.3 is 13.7 Å². The predicted molar refractivity (Wildman–Crippen MR) is 112 cm³/mol. The Bertz CT molecular complexity index is 1120. The molecule has 0 saturated carbocycles. The minimum absolute atomic E-state index is 0.292. The van der Waals surface area contributed by atoms with Crippen molar-refractivity contribution in [1.82, 2.24) is 10.1 Å². The molecule has 29 heavy (non-hydrogen) atoms. The van der Waals surface area contributed by atoms with E-state index in [1.807, 2.05) is 55.5 Å². The maximum Gasteiger partial charge on any atom is 0.293 e. The Kier molecular flexibility index (Phi) is 5.41. The average Bonchev–Trinajstić information content (AvgIpc) is 3.38. The summed E-state index contributed by atoms with van der Waals surface area (Å²) in [6.45, 7) is 6.47. The van der Waals surface area contributed by atoms with Crippen molar-refractivity contribution in [2.75, 3.05) is 0 Å². The van der Waals surface area contributed by atoms with Crippen molar-refractivity contribution in [1.29, 1.82) is 0 Å². The van der Waals surface area contributed by atoms with Crippen LogP contribution in [-0.4, -0.2) is 10.1 Å².